The number of hydrogen-bond acceptors (Lipinski definition) is 4. The Morgan fingerprint density at radius 2 is 1.89 bits per heavy atom. The molecule has 0 unspecified atom stereocenters. The highest BCUT2D eigenvalue weighted by Gasteiger charge is 2.20. The van der Waals surface area contributed by atoms with Gasteiger partial charge in [0.05, 0.1) is 23.4 Å². The summed E-state index contributed by atoms with van der Waals surface area (Å²) >= 11 is 5.97. The van der Waals surface area contributed by atoms with Gasteiger partial charge in [-0.15, -0.1) is 0 Å². The number of nitrogens with zero attached hydrogens (tertiary/aromatic N) is 1. The van der Waals surface area contributed by atoms with Crippen molar-refractivity contribution in [3.05, 3.63) is 75.9 Å². The van der Waals surface area contributed by atoms with E-state index in [1.54, 1.807) is 0 Å². The first-order chi connectivity index (χ1) is 13.0. The second-order valence-electron chi connectivity index (χ2n) is 6.45. The molecule has 0 spiro atoms. The molecule has 1 atom stereocenters. The molecule has 2 aromatic carbocycles. The van der Waals surface area contributed by atoms with Crippen molar-refractivity contribution in [2.45, 2.75) is 33.4 Å². The summed E-state index contributed by atoms with van der Waals surface area (Å²) in [7, 11) is 0. The van der Waals surface area contributed by atoms with Crippen molar-refractivity contribution >= 4 is 28.5 Å². The summed E-state index contributed by atoms with van der Waals surface area (Å²) in [6.45, 7) is 6.62. The van der Waals surface area contributed by atoms with Crippen LogP contribution in [0.3, 0.4) is 0 Å². The summed E-state index contributed by atoms with van der Waals surface area (Å²) < 4.78 is 5.28. The van der Waals surface area contributed by atoms with Crippen molar-refractivity contribution in [1.82, 2.24) is 10.3 Å². The number of hydrogen-bond donors (Lipinski definition) is 1. The first-order valence-corrected chi connectivity index (χ1v) is 9.43. The molecule has 0 saturated heterocycles. The fourth-order valence-corrected chi connectivity index (χ4v) is 3.29. The zero-order chi connectivity index (χ0) is 19.4. The van der Waals surface area contributed by atoms with Crippen LogP contribution >= 0.6 is 11.6 Å². The van der Waals surface area contributed by atoms with Crippen molar-refractivity contribution in [1.29, 1.82) is 0 Å². The van der Waals surface area contributed by atoms with Gasteiger partial charge in [0.2, 0.25) is 0 Å². The zero-order valence-electron chi connectivity index (χ0n) is 15.8. The Kier molecular flexibility index (Phi) is 6.09. The number of benzene rings is 2. The summed E-state index contributed by atoms with van der Waals surface area (Å²) in [6.07, 6.45) is 0. The number of carbonyl (C=O) groups is 1. The van der Waals surface area contributed by atoms with Crippen molar-refractivity contribution in [3.8, 4) is 0 Å². The Morgan fingerprint density at radius 1 is 1.19 bits per heavy atom. The predicted octanol–water partition coefficient (Wildman–Crippen LogP) is 5.22. The van der Waals surface area contributed by atoms with Gasteiger partial charge < -0.3 is 10.1 Å². The molecule has 0 radical (unpaired) electrons. The number of nitrogens with one attached hydrogen (secondary N) is 1. The fraction of sp³-hybridized carbons (Fsp3) is 0.273. The number of carbonyl (C=O) groups excluding carboxylic acids is 1. The third kappa shape index (κ3) is 4.29. The molecule has 140 valence electrons. The molecule has 0 aliphatic rings. The van der Waals surface area contributed by atoms with Crippen LogP contribution in [0.5, 0.6) is 0 Å². The van der Waals surface area contributed by atoms with E-state index in [0.29, 0.717) is 29.4 Å². The summed E-state index contributed by atoms with van der Waals surface area (Å²) in [5.74, 6) is -0.329. The molecule has 1 aromatic heterocycles. The first kappa shape index (κ1) is 19.3. The second kappa shape index (κ2) is 8.51. The van der Waals surface area contributed by atoms with Crippen LogP contribution in [0, 0.1) is 6.92 Å². The monoisotopic (exact) mass is 382 g/mol. The highest BCUT2D eigenvalue weighted by Crippen LogP contribution is 2.24. The van der Waals surface area contributed by atoms with Gasteiger partial charge in [-0.2, -0.15) is 0 Å². The summed E-state index contributed by atoms with van der Waals surface area (Å²) in [5, 5.41) is 5.13. The van der Waals surface area contributed by atoms with Crippen molar-refractivity contribution < 1.29 is 9.53 Å². The average molecular weight is 383 g/mol. The number of aromatic nitrogens is 1. The smallest absolute Gasteiger partial charge is 0.340 e. The Hall–Kier alpha value is -2.43. The van der Waals surface area contributed by atoms with Crippen LogP contribution in [-0.2, 0) is 11.3 Å². The number of para-hydroxylation sites is 1. The molecule has 0 aliphatic carbocycles. The standard InChI is InChI=1S/C22H23ClN2O2/c1-4-27-22(26)21-14(2)18-7-5-6-8-19(18)25-20(21)13-24-15(3)16-9-11-17(23)12-10-16/h5-12,15,24H,4,13H2,1-3H3/t15-/m1/s1. The largest absolute Gasteiger partial charge is 0.462 e. The van der Waals surface area contributed by atoms with Gasteiger partial charge in [-0.25, -0.2) is 4.79 Å². The lowest BCUT2D eigenvalue weighted by atomic mass is 10.0. The Bertz CT molecular complexity index is 954. The van der Waals surface area contributed by atoms with Crippen molar-refractivity contribution in [2.75, 3.05) is 6.61 Å². The number of esters is 1. The molecule has 0 aliphatic heterocycles. The molecular formula is C22H23ClN2O2. The van der Waals surface area contributed by atoms with E-state index in [0.717, 1.165) is 22.0 Å². The van der Waals surface area contributed by atoms with Crippen LogP contribution in [0.25, 0.3) is 10.9 Å². The molecule has 4 nitrogen and oxygen atoms in total. The lowest BCUT2D eigenvalue weighted by molar-refractivity contribution is 0.0523. The zero-order valence-corrected chi connectivity index (χ0v) is 16.5. The molecule has 3 rings (SSSR count). The minimum absolute atomic E-state index is 0.0888. The average Bonchev–Trinajstić information content (AvgIpc) is 2.67. The lowest BCUT2D eigenvalue weighted by Crippen LogP contribution is -2.22. The quantitative estimate of drug-likeness (QED) is 0.593. The van der Waals surface area contributed by atoms with E-state index in [1.807, 2.05) is 62.4 Å². The Balaban J connectivity index is 1.93. The van der Waals surface area contributed by atoms with Crippen LogP contribution in [0.2, 0.25) is 5.02 Å². The van der Waals surface area contributed by atoms with Crippen LogP contribution in [0.15, 0.2) is 48.5 Å². The Labute approximate surface area is 164 Å². The molecule has 1 heterocycles. The third-order valence-corrected chi connectivity index (χ3v) is 4.90. The topological polar surface area (TPSA) is 51.2 Å². The van der Waals surface area contributed by atoms with Gasteiger partial charge >= 0.3 is 5.97 Å². The van der Waals surface area contributed by atoms with Gasteiger partial charge in [-0.05, 0) is 50.1 Å². The number of halogens is 1. The molecular weight excluding hydrogens is 360 g/mol. The Morgan fingerprint density at radius 3 is 2.59 bits per heavy atom. The van der Waals surface area contributed by atoms with E-state index in [1.165, 1.54) is 0 Å². The van der Waals surface area contributed by atoms with Gasteiger partial charge in [0.1, 0.15) is 0 Å². The van der Waals surface area contributed by atoms with E-state index in [9.17, 15) is 4.79 Å². The molecule has 5 heteroatoms. The van der Waals surface area contributed by atoms with Gasteiger partial charge in [-0.1, -0.05) is 41.9 Å². The minimum atomic E-state index is -0.329. The number of aryl methyl sites for hydroxylation is 1. The molecule has 0 amide bonds. The lowest BCUT2D eigenvalue weighted by Gasteiger charge is -2.17. The van der Waals surface area contributed by atoms with Crippen LogP contribution in [-0.4, -0.2) is 17.6 Å². The molecule has 27 heavy (non-hydrogen) atoms. The number of fused-ring (bicyclic) bond motifs is 1. The maximum atomic E-state index is 12.6. The molecule has 0 bridgehead atoms. The highest BCUT2D eigenvalue weighted by molar-refractivity contribution is 6.30. The van der Waals surface area contributed by atoms with Crippen molar-refractivity contribution in [2.24, 2.45) is 0 Å². The van der Waals surface area contributed by atoms with Gasteiger partial charge in [0, 0.05) is 23.0 Å². The van der Waals surface area contributed by atoms with Gasteiger partial charge in [0.25, 0.3) is 0 Å². The molecule has 3 aromatic rings. The van der Waals surface area contributed by atoms with Crippen LogP contribution in [0.1, 0.15) is 47.1 Å². The van der Waals surface area contributed by atoms with E-state index >= 15 is 0 Å². The SMILES string of the molecule is CCOC(=O)c1c(CN[C@H](C)c2ccc(Cl)cc2)nc2ccccc2c1C. The molecule has 0 fully saturated rings. The summed E-state index contributed by atoms with van der Waals surface area (Å²) in [4.78, 5) is 17.3. The van der Waals surface area contributed by atoms with Crippen LogP contribution in [0.4, 0.5) is 0 Å². The third-order valence-electron chi connectivity index (χ3n) is 4.65. The normalized spacial score (nSPS) is 12.1. The summed E-state index contributed by atoms with van der Waals surface area (Å²) in [5.41, 5.74) is 4.14. The van der Waals surface area contributed by atoms with E-state index in [-0.39, 0.29) is 12.0 Å². The van der Waals surface area contributed by atoms with Gasteiger partial charge in [-0.3, -0.25) is 4.98 Å². The van der Waals surface area contributed by atoms with E-state index < -0.39 is 0 Å². The summed E-state index contributed by atoms with van der Waals surface area (Å²) in [6, 6.07) is 15.7. The van der Waals surface area contributed by atoms with Crippen LogP contribution < -0.4 is 5.32 Å². The van der Waals surface area contributed by atoms with E-state index in [2.05, 4.69) is 12.2 Å². The van der Waals surface area contributed by atoms with E-state index in [4.69, 9.17) is 21.3 Å². The minimum Gasteiger partial charge on any atom is -0.462 e. The fourth-order valence-electron chi connectivity index (χ4n) is 3.16. The van der Waals surface area contributed by atoms with Crippen molar-refractivity contribution in [3.63, 3.8) is 0 Å². The number of ether oxygens (including phenoxy) is 1. The maximum absolute atomic E-state index is 12.6. The number of pyridine rings is 1. The molecule has 0 saturated carbocycles. The predicted molar refractivity (Wildman–Crippen MR) is 109 cm³/mol. The van der Waals surface area contributed by atoms with Gasteiger partial charge in [0.15, 0.2) is 0 Å². The highest BCUT2D eigenvalue weighted by atomic mass is 35.5. The first-order valence-electron chi connectivity index (χ1n) is 9.05. The second-order valence-corrected chi connectivity index (χ2v) is 6.89. The maximum Gasteiger partial charge on any atom is 0.340 e. The molecule has 1 N–H and O–H groups in total. The number of rotatable bonds is 6.